The Morgan fingerprint density at radius 2 is 1.07 bits per heavy atom. The number of aryl methyl sites for hydroxylation is 1. The lowest BCUT2D eigenvalue weighted by atomic mass is 9.38. The third kappa shape index (κ3) is 2.27. The van der Waals surface area contributed by atoms with Crippen LogP contribution in [0, 0.1) is 53.3 Å². The molecule has 8 aliphatic carbocycles. The van der Waals surface area contributed by atoms with E-state index in [4.69, 9.17) is 0 Å². The Bertz CT molecular complexity index is 639. The monoisotopic (exact) mass is 380 g/mol. The Morgan fingerprint density at radius 1 is 0.704 bits per heavy atom. The van der Waals surface area contributed by atoms with Crippen LogP contribution in [0.5, 0.6) is 0 Å². The van der Waals surface area contributed by atoms with E-state index in [2.05, 4.69) is 29.7 Å². The van der Waals surface area contributed by atoms with Crippen LogP contribution >= 0.6 is 11.3 Å². The maximum Gasteiger partial charge on any atom is 0.0116 e. The van der Waals surface area contributed by atoms with E-state index in [9.17, 15) is 0 Å². The van der Waals surface area contributed by atoms with Crippen LogP contribution in [-0.4, -0.2) is 0 Å². The van der Waals surface area contributed by atoms with E-state index in [1.54, 1.807) is 82.6 Å². The fourth-order valence-corrected chi connectivity index (χ4v) is 12.3. The molecule has 1 heterocycles. The van der Waals surface area contributed by atoms with Crippen molar-refractivity contribution in [2.24, 2.45) is 46.3 Å². The quantitative estimate of drug-likeness (QED) is 0.507. The summed E-state index contributed by atoms with van der Waals surface area (Å²) in [5.74, 6) is 7.47. The normalized spacial score (nSPS) is 53.2. The first-order chi connectivity index (χ1) is 13.1. The Hall–Kier alpha value is -0.300. The molecule has 0 spiro atoms. The highest BCUT2D eigenvalue weighted by atomic mass is 32.1. The van der Waals surface area contributed by atoms with E-state index in [0.717, 1.165) is 41.4 Å². The van der Waals surface area contributed by atoms with E-state index in [-0.39, 0.29) is 0 Å². The third-order valence-corrected chi connectivity index (χ3v) is 11.6. The molecular formula is C26H36S. The van der Waals surface area contributed by atoms with Crippen LogP contribution in [0.2, 0.25) is 0 Å². The minimum atomic E-state index is 0.691. The number of hydrogen-bond acceptors (Lipinski definition) is 1. The second-order valence-electron chi connectivity index (χ2n) is 12.5. The van der Waals surface area contributed by atoms with Crippen molar-refractivity contribution in [2.45, 2.75) is 89.9 Å². The van der Waals surface area contributed by atoms with Crippen LogP contribution in [-0.2, 0) is 0 Å². The second-order valence-corrected chi connectivity index (χ2v) is 13.4. The lowest BCUT2D eigenvalue weighted by Crippen LogP contribution is -2.57. The Morgan fingerprint density at radius 3 is 1.37 bits per heavy atom. The molecule has 0 aromatic carbocycles. The molecule has 0 aliphatic heterocycles. The maximum absolute atomic E-state index is 2.45. The van der Waals surface area contributed by atoms with Crippen molar-refractivity contribution in [1.29, 1.82) is 0 Å². The summed E-state index contributed by atoms with van der Waals surface area (Å²) in [5, 5.41) is 2.43. The molecule has 8 saturated carbocycles. The van der Waals surface area contributed by atoms with Gasteiger partial charge in [-0.1, -0.05) is 0 Å². The Balaban J connectivity index is 1.38. The van der Waals surface area contributed by atoms with Crippen molar-refractivity contribution in [3.8, 4) is 0 Å². The largest absolute Gasteiger partial charge is 0.148 e. The van der Waals surface area contributed by atoms with Crippen LogP contribution in [0.15, 0.2) is 11.4 Å². The Labute approximate surface area is 169 Å². The summed E-state index contributed by atoms with van der Waals surface area (Å²) in [6.07, 6.45) is 19.2. The maximum atomic E-state index is 2.45. The van der Waals surface area contributed by atoms with E-state index in [1.165, 1.54) is 0 Å². The van der Waals surface area contributed by atoms with E-state index < -0.39 is 0 Å². The van der Waals surface area contributed by atoms with Gasteiger partial charge in [0.2, 0.25) is 0 Å². The molecule has 0 saturated heterocycles. The van der Waals surface area contributed by atoms with E-state index in [0.29, 0.717) is 10.8 Å². The minimum Gasteiger partial charge on any atom is -0.148 e. The molecule has 1 heteroatoms. The molecule has 8 fully saturated rings. The van der Waals surface area contributed by atoms with Crippen LogP contribution in [0.3, 0.4) is 0 Å². The SMILES string of the molecule is Cc1ccsc1C(C12CC3CC(CC(C3)C1)C2)C12CC3CC(CC(C3)C1)C2. The van der Waals surface area contributed by atoms with Crippen molar-refractivity contribution < 1.29 is 0 Å². The van der Waals surface area contributed by atoms with Gasteiger partial charge in [-0.25, -0.2) is 0 Å². The zero-order valence-corrected chi connectivity index (χ0v) is 17.9. The van der Waals surface area contributed by atoms with Crippen molar-refractivity contribution in [3.63, 3.8) is 0 Å². The molecule has 146 valence electrons. The highest BCUT2D eigenvalue weighted by Crippen LogP contribution is 2.74. The van der Waals surface area contributed by atoms with Gasteiger partial charge in [-0.15, -0.1) is 11.3 Å². The van der Waals surface area contributed by atoms with Gasteiger partial charge in [0.15, 0.2) is 0 Å². The van der Waals surface area contributed by atoms with Gasteiger partial charge in [0.05, 0.1) is 0 Å². The molecule has 27 heavy (non-hydrogen) atoms. The van der Waals surface area contributed by atoms with Crippen LogP contribution in [0.4, 0.5) is 0 Å². The van der Waals surface area contributed by atoms with Gasteiger partial charge < -0.3 is 0 Å². The first kappa shape index (κ1) is 16.5. The predicted octanol–water partition coefficient (Wildman–Crippen LogP) is 7.57. The summed E-state index contributed by atoms with van der Waals surface area (Å²) < 4.78 is 0. The van der Waals surface area contributed by atoms with Crippen LogP contribution in [0.25, 0.3) is 0 Å². The lowest BCUT2D eigenvalue weighted by molar-refractivity contribution is -0.143. The number of hydrogen-bond donors (Lipinski definition) is 0. The van der Waals surface area contributed by atoms with Gasteiger partial charge in [-0.05, 0) is 147 Å². The number of thiophene rings is 1. The summed E-state index contributed by atoms with van der Waals surface area (Å²) >= 11 is 2.16. The number of rotatable bonds is 3. The molecule has 9 rings (SSSR count). The first-order valence-electron chi connectivity index (χ1n) is 12.1. The third-order valence-electron chi connectivity index (χ3n) is 10.6. The second kappa shape index (κ2) is 5.44. The topological polar surface area (TPSA) is 0 Å². The minimum absolute atomic E-state index is 0.691. The first-order valence-corrected chi connectivity index (χ1v) is 13.0. The highest BCUT2D eigenvalue weighted by Gasteiger charge is 2.63. The smallest absolute Gasteiger partial charge is 0.0116 e. The fraction of sp³-hybridized carbons (Fsp3) is 0.846. The van der Waals surface area contributed by atoms with Crippen LogP contribution < -0.4 is 0 Å². The zero-order valence-electron chi connectivity index (χ0n) is 17.1. The summed E-state index contributed by atoms with van der Waals surface area (Å²) in [5.41, 5.74) is 3.03. The molecule has 0 nitrogen and oxygen atoms in total. The summed E-state index contributed by atoms with van der Waals surface area (Å²) in [7, 11) is 0. The Kier molecular flexibility index (Phi) is 3.32. The predicted molar refractivity (Wildman–Crippen MR) is 113 cm³/mol. The molecular weight excluding hydrogens is 344 g/mol. The fourth-order valence-electron chi connectivity index (χ4n) is 10.9. The van der Waals surface area contributed by atoms with Crippen molar-refractivity contribution in [3.05, 3.63) is 21.9 Å². The molecule has 1 aromatic heterocycles. The van der Waals surface area contributed by atoms with Gasteiger partial charge >= 0.3 is 0 Å². The molecule has 0 radical (unpaired) electrons. The van der Waals surface area contributed by atoms with Gasteiger partial charge in [0.25, 0.3) is 0 Å². The van der Waals surface area contributed by atoms with Gasteiger partial charge in [-0.3, -0.25) is 0 Å². The van der Waals surface area contributed by atoms with Gasteiger partial charge in [-0.2, -0.15) is 0 Å². The standard InChI is InChI=1S/C26H36S/c1-16-2-3-27-23(16)24(25-10-17-4-18(11-25)6-19(5-17)12-25)26-13-20-7-21(14-26)9-22(8-20)15-26/h2-3,17-22,24H,4-15H2,1H3. The van der Waals surface area contributed by atoms with Gasteiger partial charge in [0, 0.05) is 10.8 Å². The zero-order chi connectivity index (χ0) is 17.8. The molecule has 8 bridgehead atoms. The molecule has 0 N–H and O–H groups in total. The van der Waals surface area contributed by atoms with Crippen molar-refractivity contribution >= 4 is 11.3 Å². The average molecular weight is 381 g/mol. The molecule has 0 atom stereocenters. The summed E-state index contributed by atoms with van der Waals surface area (Å²) in [6.45, 7) is 2.44. The summed E-state index contributed by atoms with van der Waals surface area (Å²) in [4.78, 5) is 1.86. The lowest BCUT2D eigenvalue weighted by Gasteiger charge is -2.67. The molecule has 0 unspecified atom stereocenters. The van der Waals surface area contributed by atoms with Crippen molar-refractivity contribution in [2.75, 3.05) is 0 Å². The average Bonchev–Trinajstić information content (AvgIpc) is 2.97. The summed E-state index contributed by atoms with van der Waals surface area (Å²) in [6, 6.07) is 2.45. The molecule has 0 amide bonds. The van der Waals surface area contributed by atoms with Crippen LogP contribution in [0.1, 0.15) is 93.4 Å². The van der Waals surface area contributed by atoms with Gasteiger partial charge in [0.1, 0.15) is 0 Å². The molecule has 8 aliphatic rings. The highest BCUT2D eigenvalue weighted by molar-refractivity contribution is 7.10. The molecule has 1 aromatic rings. The van der Waals surface area contributed by atoms with E-state index in [1.807, 2.05) is 4.88 Å². The van der Waals surface area contributed by atoms with E-state index >= 15 is 0 Å². The van der Waals surface area contributed by atoms with Crippen molar-refractivity contribution in [1.82, 2.24) is 0 Å².